The van der Waals surface area contributed by atoms with E-state index in [9.17, 15) is 9.59 Å². The fraction of sp³-hybridized carbons (Fsp3) is 0.926. The molecule has 0 saturated heterocycles. The molecule has 2 N–H and O–H groups in total. The Morgan fingerprint density at radius 3 is 1.23 bits per heavy atom. The van der Waals surface area contributed by atoms with E-state index >= 15 is 0 Å². The number of carbonyl (C=O) groups is 2. The number of aliphatic carboxylic acids is 2. The van der Waals surface area contributed by atoms with Gasteiger partial charge in [0.2, 0.25) is 0 Å². The number of carboxylic acid groups (broad SMARTS) is 2. The van der Waals surface area contributed by atoms with Gasteiger partial charge in [-0.3, -0.25) is 9.59 Å². The molecule has 0 radical (unpaired) electrons. The highest BCUT2D eigenvalue weighted by molar-refractivity contribution is 5.66. The second-order valence-electron chi connectivity index (χ2n) is 9.27. The highest BCUT2D eigenvalue weighted by Gasteiger charge is 2.00. The van der Waals surface area contributed by atoms with Gasteiger partial charge in [0.15, 0.2) is 0 Å². The molecule has 0 spiro atoms. The van der Waals surface area contributed by atoms with Crippen molar-refractivity contribution in [2.45, 2.75) is 156 Å². The second-order valence-corrected chi connectivity index (χ2v) is 9.27. The highest BCUT2D eigenvalue weighted by Crippen LogP contribution is 2.16. The third-order valence-electron chi connectivity index (χ3n) is 5.86. The van der Waals surface area contributed by atoms with Crippen molar-refractivity contribution in [2.24, 2.45) is 5.92 Å². The maximum atomic E-state index is 10.4. The molecule has 0 aliphatic rings. The Bertz CT molecular complexity index is 381. The summed E-state index contributed by atoms with van der Waals surface area (Å²) in [6.45, 7) is 6.82. The van der Waals surface area contributed by atoms with E-state index in [0.29, 0.717) is 12.8 Å². The van der Waals surface area contributed by atoms with Gasteiger partial charge in [-0.2, -0.15) is 0 Å². The molecule has 4 heteroatoms. The molecule has 31 heavy (non-hydrogen) atoms. The molecule has 4 nitrogen and oxygen atoms in total. The number of hydrogen-bond acceptors (Lipinski definition) is 2. The largest absolute Gasteiger partial charge is 0.481 e. The summed E-state index contributed by atoms with van der Waals surface area (Å²) in [5.74, 6) is -0.397. The lowest BCUT2D eigenvalue weighted by Crippen LogP contribution is -1.93. The first-order valence-corrected chi connectivity index (χ1v) is 13.4. The maximum Gasteiger partial charge on any atom is 0.303 e. The summed E-state index contributed by atoms with van der Waals surface area (Å²) in [6.07, 6.45) is 24.6. The first-order chi connectivity index (χ1) is 14.9. The minimum Gasteiger partial charge on any atom is -0.481 e. The monoisotopic (exact) mass is 442 g/mol. The molecule has 0 fully saturated rings. The zero-order chi connectivity index (χ0) is 23.6. The van der Waals surface area contributed by atoms with Crippen LogP contribution >= 0.6 is 0 Å². The van der Waals surface area contributed by atoms with Gasteiger partial charge in [0, 0.05) is 12.8 Å². The van der Waals surface area contributed by atoms with Crippen molar-refractivity contribution in [2.75, 3.05) is 0 Å². The van der Waals surface area contributed by atoms with Crippen molar-refractivity contribution in [1.82, 2.24) is 0 Å². The van der Waals surface area contributed by atoms with Gasteiger partial charge in [-0.1, -0.05) is 130 Å². The maximum absolute atomic E-state index is 10.4. The SMILES string of the molecule is CCCC(C)CCCCCCCCCCCCCC(=O)O.CCCCCCCC(=O)O. The fourth-order valence-corrected chi connectivity index (χ4v) is 3.88. The zero-order valence-corrected chi connectivity index (χ0v) is 21.1. The molecule has 0 bridgehead atoms. The van der Waals surface area contributed by atoms with Gasteiger partial charge in [-0.05, 0) is 18.8 Å². The summed E-state index contributed by atoms with van der Waals surface area (Å²) in [6, 6.07) is 0. The van der Waals surface area contributed by atoms with Gasteiger partial charge < -0.3 is 10.2 Å². The van der Waals surface area contributed by atoms with E-state index in [1.807, 2.05) is 0 Å². The average Bonchev–Trinajstić information content (AvgIpc) is 2.71. The molecule has 0 aromatic rings. The van der Waals surface area contributed by atoms with E-state index < -0.39 is 11.9 Å². The van der Waals surface area contributed by atoms with E-state index in [4.69, 9.17) is 10.2 Å². The summed E-state index contributed by atoms with van der Waals surface area (Å²) >= 11 is 0. The predicted octanol–water partition coefficient (Wildman–Crippen LogP) is 9.01. The Labute approximate surface area is 193 Å². The number of unbranched alkanes of at least 4 members (excludes halogenated alkanes) is 14. The molecule has 0 amide bonds. The van der Waals surface area contributed by atoms with Gasteiger partial charge >= 0.3 is 11.9 Å². The first-order valence-electron chi connectivity index (χ1n) is 13.4. The summed E-state index contributed by atoms with van der Waals surface area (Å²) in [5.41, 5.74) is 0. The van der Waals surface area contributed by atoms with E-state index in [2.05, 4.69) is 20.8 Å². The van der Waals surface area contributed by atoms with Crippen molar-refractivity contribution in [3.63, 3.8) is 0 Å². The molecule has 0 aromatic heterocycles. The number of hydrogen-bond donors (Lipinski definition) is 2. The van der Waals surface area contributed by atoms with Crippen LogP contribution in [0.5, 0.6) is 0 Å². The van der Waals surface area contributed by atoms with E-state index in [-0.39, 0.29) is 0 Å². The molecular formula is C27H54O4. The average molecular weight is 443 g/mol. The number of rotatable bonds is 22. The first kappa shape index (κ1) is 32.1. The Hall–Kier alpha value is -1.06. The molecule has 0 rings (SSSR count). The number of carboxylic acids is 2. The molecular weight excluding hydrogens is 388 g/mol. The second kappa shape index (κ2) is 27.0. The van der Waals surface area contributed by atoms with Gasteiger partial charge in [0.25, 0.3) is 0 Å². The van der Waals surface area contributed by atoms with Crippen molar-refractivity contribution in [3.05, 3.63) is 0 Å². The third-order valence-corrected chi connectivity index (χ3v) is 5.86. The minimum absolute atomic E-state index is 0.337. The van der Waals surface area contributed by atoms with Gasteiger partial charge in [0.05, 0.1) is 0 Å². The van der Waals surface area contributed by atoms with Crippen LogP contribution < -0.4 is 0 Å². The zero-order valence-electron chi connectivity index (χ0n) is 21.1. The van der Waals surface area contributed by atoms with Crippen molar-refractivity contribution >= 4 is 11.9 Å². The Morgan fingerprint density at radius 1 is 0.516 bits per heavy atom. The van der Waals surface area contributed by atoms with Crippen LogP contribution in [0.15, 0.2) is 0 Å². The van der Waals surface area contributed by atoms with Crippen LogP contribution in [0.1, 0.15) is 156 Å². The van der Waals surface area contributed by atoms with Crippen LogP contribution in [-0.2, 0) is 9.59 Å². The Kier molecular flexibility index (Phi) is 28.0. The summed E-state index contributed by atoms with van der Waals surface area (Å²) in [5, 5.41) is 16.8. The van der Waals surface area contributed by atoms with E-state index in [0.717, 1.165) is 31.6 Å². The van der Waals surface area contributed by atoms with Crippen LogP contribution in [0, 0.1) is 5.92 Å². The van der Waals surface area contributed by atoms with Gasteiger partial charge in [-0.25, -0.2) is 0 Å². The molecule has 186 valence electrons. The van der Waals surface area contributed by atoms with Crippen LogP contribution in [-0.4, -0.2) is 22.2 Å². The Morgan fingerprint density at radius 2 is 0.871 bits per heavy atom. The summed E-state index contributed by atoms with van der Waals surface area (Å²) in [7, 11) is 0. The molecule has 0 aliphatic carbocycles. The predicted molar refractivity (Wildman–Crippen MR) is 133 cm³/mol. The molecule has 1 atom stereocenters. The quantitative estimate of drug-likeness (QED) is 0.164. The van der Waals surface area contributed by atoms with Crippen molar-refractivity contribution in [3.8, 4) is 0 Å². The smallest absolute Gasteiger partial charge is 0.303 e. The fourth-order valence-electron chi connectivity index (χ4n) is 3.88. The van der Waals surface area contributed by atoms with Gasteiger partial charge in [0.1, 0.15) is 0 Å². The Balaban J connectivity index is 0. The van der Waals surface area contributed by atoms with Gasteiger partial charge in [-0.15, -0.1) is 0 Å². The van der Waals surface area contributed by atoms with Crippen LogP contribution in [0.3, 0.4) is 0 Å². The molecule has 1 unspecified atom stereocenters. The molecule has 0 saturated carbocycles. The van der Waals surface area contributed by atoms with Crippen LogP contribution in [0.2, 0.25) is 0 Å². The standard InChI is InChI=1S/C19H38O2.C8H16O2/c1-3-15-18(2)16-13-11-9-7-5-4-6-8-10-12-14-17-19(20)21;1-2-3-4-5-6-7-8(9)10/h18H,3-17H2,1-2H3,(H,20,21);2-7H2,1H3,(H,9,10). The van der Waals surface area contributed by atoms with Crippen molar-refractivity contribution in [1.29, 1.82) is 0 Å². The van der Waals surface area contributed by atoms with E-state index in [1.165, 1.54) is 96.3 Å². The third kappa shape index (κ3) is 33.8. The lowest BCUT2D eigenvalue weighted by atomic mass is 9.98. The lowest BCUT2D eigenvalue weighted by Gasteiger charge is -2.09. The van der Waals surface area contributed by atoms with E-state index in [1.54, 1.807) is 0 Å². The molecule has 0 aliphatic heterocycles. The lowest BCUT2D eigenvalue weighted by molar-refractivity contribution is -0.138. The summed E-state index contributed by atoms with van der Waals surface area (Å²) in [4.78, 5) is 20.4. The molecule has 0 aromatic carbocycles. The molecule has 0 heterocycles. The topological polar surface area (TPSA) is 74.6 Å². The highest BCUT2D eigenvalue weighted by atomic mass is 16.4. The summed E-state index contributed by atoms with van der Waals surface area (Å²) < 4.78 is 0. The van der Waals surface area contributed by atoms with Crippen LogP contribution in [0.4, 0.5) is 0 Å². The normalized spacial score (nSPS) is 11.6. The van der Waals surface area contributed by atoms with Crippen LogP contribution in [0.25, 0.3) is 0 Å². The van der Waals surface area contributed by atoms with Crippen molar-refractivity contribution < 1.29 is 19.8 Å². The minimum atomic E-state index is -0.670.